The minimum atomic E-state index is 0.158. The van der Waals surface area contributed by atoms with Crippen LogP contribution >= 0.6 is 11.3 Å². The number of aryl methyl sites for hydroxylation is 1. The standard InChI is InChI=1S/C10H15NO2S/c1-3-9(12)6-13-5-4-10-8(2)11-7-14-10/h7H,3-6H2,1-2H3. The first kappa shape index (κ1) is 11.3. The molecular weight excluding hydrogens is 198 g/mol. The van der Waals surface area contributed by atoms with Gasteiger partial charge in [-0.3, -0.25) is 4.79 Å². The molecule has 0 saturated heterocycles. The number of aromatic nitrogens is 1. The molecule has 3 nitrogen and oxygen atoms in total. The van der Waals surface area contributed by atoms with E-state index in [-0.39, 0.29) is 12.4 Å². The van der Waals surface area contributed by atoms with Crippen molar-refractivity contribution in [1.29, 1.82) is 0 Å². The van der Waals surface area contributed by atoms with Gasteiger partial charge in [0.2, 0.25) is 0 Å². The normalized spacial score (nSPS) is 10.4. The lowest BCUT2D eigenvalue weighted by Gasteiger charge is -2.01. The molecule has 0 spiro atoms. The zero-order chi connectivity index (χ0) is 10.4. The maximum atomic E-state index is 10.9. The maximum Gasteiger partial charge on any atom is 0.158 e. The Kier molecular flexibility index (Phi) is 4.76. The second kappa shape index (κ2) is 5.88. The molecule has 0 unspecified atom stereocenters. The van der Waals surface area contributed by atoms with E-state index in [0.29, 0.717) is 13.0 Å². The molecule has 0 aromatic carbocycles. The van der Waals surface area contributed by atoms with Crippen LogP contribution in [0.2, 0.25) is 0 Å². The van der Waals surface area contributed by atoms with Gasteiger partial charge in [0.25, 0.3) is 0 Å². The van der Waals surface area contributed by atoms with Crippen molar-refractivity contribution in [2.24, 2.45) is 0 Å². The Hall–Kier alpha value is -0.740. The summed E-state index contributed by atoms with van der Waals surface area (Å²) in [6.45, 7) is 4.69. The molecule has 0 aliphatic rings. The zero-order valence-corrected chi connectivity index (χ0v) is 9.39. The summed E-state index contributed by atoms with van der Waals surface area (Å²) in [5.41, 5.74) is 2.91. The van der Waals surface area contributed by atoms with E-state index in [1.165, 1.54) is 4.88 Å². The Balaban J connectivity index is 2.16. The summed E-state index contributed by atoms with van der Waals surface area (Å²) < 4.78 is 5.24. The second-order valence-corrected chi connectivity index (χ2v) is 4.00. The van der Waals surface area contributed by atoms with Gasteiger partial charge in [-0.05, 0) is 6.92 Å². The fourth-order valence-corrected chi connectivity index (χ4v) is 1.78. The lowest BCUT2D eigenvalue weighted by molar-refractivity contribution is -0.123. The lowest BCUT2D eigenvalue weighted by atomic mass is 10.3. The molecule has 4 heteroatoms. The van der Waals surface area contributed by atoms with Crippen LogP contribution in [0.25, 0.3) is 0 Å². The van der Waals surface area contributed by atoms with Gasteiger partial charge in [-0.1, -0.05) is 6.92 Å². The number of carbonyl (C=O) groups is 1. The Morgan fingerprint density at radius 2 is 2.43 bits per heavy atom. The van der Waals surface area contributed by atoms with Crippen molar-refractivity contribution in [2.75, 3.05) is 13.2 Å². The number of hydrogen-bond acceptors (Lipinski definition) is 4. The number of carbonyl (C=O) groups excluding carboxylic acids is 1. The molecule has 1 aromatic heterocycles. The molecule has 1 aromatic rings. The monoisotopic (exact) mass is 213 g/mol. The van der Waals surface area contributed by atoms with E-state index in [9.17, 15) is 4.79 Å². The van der Waals surface area contributed by atoms with Crippen molar-refractivity contribution < 1.29 is 9.53 Å². The average Bonchev–Trinajstić information content (AvgIpc) is 2.58. The Labute approximate surface area is 88.1 Å². The summed E-state index contributed by atoms with van der Waals surface area (Å²) in [5.74, 6) is 0.158. The summed E-state index contributed by atoms with van der Waals surface area (Å²) in [6.07, 6.45) is 1.41. The fraction of sp³-hybridized carbons (Fsp3) is 0.600. The van der Waals surface area contributed by atoms with Gasteiger partial charge in [0.1, 0.15) is 6.61 Å². The largest absolute Gasteiger partial charge is 0.373 e. The van der Waals surface area contributed by atoms with Crippen LogP contribution in [-0.2, 0) is 16.0 Å². The number of rotatable bonds is 6. The number of ketones is 1. The third-order valence-electron chi connectivity index (χ3n) is 1.98. The van der Waals surface area contributed by atoms with E-state index in [4.69, 9.17) is 4.74 Å². The third kappa shape index (κ3) is 3.55. The summed E-state index contributed by atoms with van der Waals surface area (Å²) in [6, 6.07) is 0. The Morgan fingerprint density at radius 1 is 1.64 bits per heavy atom. The first-order valence-corrected chi connectivity index (χ1v) is 5.60. The van der Waals surface area contributed by atoms with Crippen LogP contribution in [0.1, 0.15) is 23.9 Å². The Morgan fingerprint density at radius 3 is 3.00 bits per heavy atom. The zero-order valence-electron chi connectivity index (χ0n) is 8.58. The van der Waals surface area contributed by atoms with Crippen LogP contribution < -0.4 is 0 Å². The highest BCUT2D eigenvalue weighted by Gasteiger charge is 2.02. The van der Waals surface area contributed by atoms with Crippen LogP contribution in [0.4, 0.5) is 0 Å². The number of Topliss-reactive ketones (excluding diaryl/α,β-unsaturated/α-hetero) is 1. The molecule has 78 valence electrons. The van der Waals surface area contributed by atoms with Gasteiger partial charge < -0.3 is 4.74 Å². The molecule has 0 saturated carbocycles. The van der Waals surface area contributed by atoms with Crippen molar-refractivity contribution in [2.45, 2.75) is 26.7 Å². The first-order valence-electron chi connectivity index (χ1n) is 4.72. The van der Waals surface area contributed by atoms with Crippen molar-refractivity contribution >= 4 is 17.1 Å². The van der Waals surface area contributed by atoms with Crippen molar-refractivity contribution in [3.63, 3.8) is 0 Å². The molecule has 0 atom stereocenters. The highest BCUT2D eigenvalue weighted by atomic mass is 32.1. The van der Waals surface area contributed by atoms with Gasteiger partial charge >= 0.3 is 0 Å². The number of ether oxygens (including phenoxy) is 1. The van der Waals surface area contributed by atoms with E-state index < -0.39 is 0 Å². The summed E-state index contributed by atoms with van der Waals surface area (Å²) in [7, 11) is 0. The quantitative estimate of drug-likeness (QED) is 0.678. The molecule has 0 bridgehead atoms. The predicted molar refractivity (Wildman–Crippen MR) is 56.7 cm³/mol. The molecule has 0 aliphatic carbocycles. The van der Waals surface area contributed by atoms with Gasteiger partial charge in [0.15, 0.2) is 5.78 Å². The first-order chi connectivity index (χ1) is 6.74. The molecule has 1 heterocycles. The van der Waals surface area contributed by atoms with Crippen molar-refractivity contribution in [1.82, 2.24) is 4.98 Å². The van der Waals surface area contributed by atoms with Crippen LogP contribution in [0.15, 0.2) is 5.51 Å². The van der Waals surface area contributed by atoms with Gasteiger partial charge in [-0.15, -0.1) is 11.3 Å². The van der Waals surface area contributed by atoms with Gasteiger partial charge in [-0.2, -0.15) is 0 Å². The smallest absolute Gasteiger partial charge is 0.158 e. The topological polar surface area (TPSA) is 39.2 Å². The molecule has 0 radical (unpaired) electrons. The summed E-state index contributed by atoms with van der Waals surface area (Å²) >= 11 is 1.64. The van der Waals surface area contributed by atoms with E-state index >= 15 is 0 Å². The maximum absolute atomic E-state index is 10.9. The molecule has 0 N–H and O–H groups in total. The van der Waals surface area contributed by atoms with Crippen LogP contribution in [-0.4, -0.2) is 24.0 Å². The Bertz CT molecular complexity index is 296. The van der Waals surface area contributed by atoms with Gasteiger partial charge in [0, 0.05) is 17.7 Å². The molecular formula is C10H15NO2S. The van der Waals surface area contributed by atoms with Gasteiger partial charge in [0.05, 0.1) is 17.8 Å². The summed E-state index contributed by atoms with van der Waals surface area (Å²) in [5, 5.41) is 0. The van der Waals surface area contributed by atoms with Gasteiger partial charge in [-0.25, -0.2) is 4.98 Å². The minimum absolute atomic E-state index is 0.158. The molecule has 0 aliphatic heterocycles. The molecule has 1 rings (SSSR count). The number of thiazole rings is 1. The van der Waals surface area contributed by atoms with Crippen LogP contribution in [0, 0.1) is 6.92 Å². The van der Waals surface area contributed by atoms with Crippen LogP contribution in [0.5, 0.6) is 0 Å². The molecule has 0 amide bonds. The average molecular weight is 213 g/mol. The highest BCUT2D eigenvalue weighted by Crippen LogP contribution is 2.12. The SMILES string of the molecule is CCC(=O)COCCc1scnc1C. The van der Waals surface area contributed by atoms with Crippen LogP contribution in [0.3, 0.4) is 0 Å². The second-order valence-electron chi connectivity index (χ2n) is 3.06. The number of hydrogen-bond donors (Lipinski definition) is 0. The van der Waals surface area contributed by atoms with E-state index in [1.807, 2.05) is 19.4 Å². The molecule has 0 fully saturated rings. The van der Waals surface area contributed by atoms with E-state index in [1.54, 1.807) is 11.3 Å². The number of nitrogens with zero attached hydrogens (tertiary/aromatic N) is 1. The molecule has 14 heavy (non-hydrogen) atoms. The summed E-state index contributed by atoms with van der Waals surface area (Å²) in [4.78, 5) is 16.3. The minimum Gasteiger partial charge on any atom is -0.373 e. The lowest BCUT2D eigenvalue weighted by Crippen LogP contribution is -2.09. The van der Waals surface area contributed by atoms with Crippen molar-refractivity contribution in [3.8, 4) is 0 Å². The predicted octanol–water partition coefficient (Wildman–Crippen LogP) is 1.99. The van der Waals surface area contributed by atoms with E-state index in [2.05, 4.69) is 4.98 Å². The van der Waals surface area contributed by atoms with E-state index in [0.717, 1.165) is 12.1 Å². The van der Waals surface area contributed by atoms with Crippen molar-refractivity contribution in [3.05, 3.63) is 16.1 Å². The highest BCUT2D eigenvalue weighted by molar-refractivity contribution is 7.09. The third-order valence-corrected chi connectivity index (χ3v) is 2.97. The fourth-order valence-electron chi connectivity index (χ4n) is 1.02.